The monoisotopic (exact) mass is 453 g/mol. The van der Waals surface area contributed by atoms with Crippen LogP contribution in [0.25, 0.3) is 0 Å². The number of quaternary nitrogens is 1. The van der Waals surface area contributed by atoms with Crippen LogP contribution in [0, 0.1) is 0 Å². The molecule has 2 aromatic carbocycles. The lowest BCUT2D eigenvalue weighted by Gasteiger charge is -2.40. The summed E-state index contributed by atoms with van der Waals surface area (Å²) in [4.78, 5) is 11.7. The fraction of sp³-hybridized carbons (Fsp3) is 0.400. The maximum Gasteiger partial charge on any atom is 0.258 e. The van der Waals surface area contributed by atoms with E-state index in [1.165, 1.54) is 32.4 Å². The minimum Gasteiger partial charge on any atom is -1.00 e. The van der Waals surface area contributed by atoms with E-state index in [9.17, 15) is 4.80 Å². The second kappa shape index (κ2) is 8.60. The molecule has 24 heavy (non-hydrogen) atoms. The highest BCUT2D eigenvalue weighted by Gasteiger charge is 2.38. The predicted octanol–water partition coefficient (Wildman–Crippen LogP) is -0.627. The van der Waals surface area contributed by atoms with E-state index in [0.717, 1.165) is 27.4 Å². The van der Waals surface area contributed by atoms with Gasteiger partial charge in [-0.15, -0.1) is 0 Å². The first-order valence-electron chi connectivity index (χ1n) is 8.79. The fourth-order valence-corrected chi connectivity index (χ4v) is 7.08. The number of benzene rings is 2. The average Bonchev–Trinajstić information content (AvgIpc) is 2.62. The normalized spacial score (nSPS) is 17.1. The van der Waals surface area contributed by atoms with Crippen molar-refractivity contribution in [1.82, 2.24) is 0 Å². The molecule has 0 atom stereocenters. The number of hydrogen-bond acceptors (Lipinski definition) is 1. The van der Waals surface area contributed by atoms with Gasteiger partial charge in [-0.25, -0.2) is 0 Å². The Kier molecular flexibility index (Phi) is 7.04. The lowest BCUT2D eigenvalue weighted by atomic mass is 10.1. The Morgan fingerprint density at radius 3 is 1.75 bits per heavy atom. The van der Waals surface area contributed by atoms with Crippen molar-refractivity contribution in [3.05, 3.63) is 60.7 Å². The van der Waals surface area contributed by atoms with Crippen LogP contribution in [0.15, 0.2) is 60.7 Å². The summed E-state index contributed by atoms with van der Waals surface area (Å²) in [6, 6.07) is 21.6. The quantitative estimate of drug-likeness (QED) is 0.364. The fourth-order valence-electron chi connectivity index (χ4n) is 3.81. The van der Waals surface area contributed by atoms with Gasteiger partial charge in [0, 0.05) is 6.04 Å². The van der Waals surface area contributed by atoms with Crippen LogP contribution in [0.3, 0.4) is 0 Å². The standard InChI is InChI=1S/C20H28NOSi.HI/c1-21(15-9-4-10-16-21)17-18-23(22,19-11-5-2-6-12-19)20-13-7-3-8-14-20;/h2-3,5-8,11-14,22H,4,9-10,15-18H2,1H3;1H/q+1;/p-1. The van der Waals surface area contributed by atoms with Gasteiger partial charge in [0.25, 0.3) is 8.32 Å². The van der Waals surface area contributed by atoms with E-state index in [1.807, 2.05) is 36.4 Å². The smallest absolute Gasteiger partial charge is 0.258 e. The first-order chi connectivity index (χ1) is 11.1. The second-order valence-electron chi connectivity index (χ2n) is 7.19. The van der Waals surface area contributed by atoms with Crippen molar-refractivity contribution in [2.24, 2.45) is 0 Å². The molecule has 2 nitrogen and oxygen atoms in total. The predicted molar refractivity (Wildman–Crippen MR) is 99.6 cm³/mol. The lowest BCUT2D eigenvalue weighted by Crippen LogP contribution is -3.00. The van der Waals surface area contributed by atoms with Crippen LogP contribution >= 0.6 is 0 Å². The molecular formula is C20H28INOSi. The highest BCUT2D eigenvalue weighted by molar-refractivity contribution is 6.96. The summed E-state index contributed by atoms with van der Waals surface area (Å²) in [5.41, 5.74) is 0. The van der Waals surface area contributed by atoms with Crippen molar-refractivity contribution in [2.75, 3.05) is 26.7 Å². The van der Waals surface area contributed by atoms with E-state index in [4.69, 9.17) is 0 Å². The summed E-state index contributed by atoms with van der Waals surface area (Å²) < 4.78 is 1.12. The van der Waals surface area contributed by atoms with Gasteiger partial charge in [0.2, 0.25) is 0 Å². The first-order valence-corrected chi connectivity index (χ1v) is 10.9. The summed E-state index contributed by atoms with van der Waals surface area (Å²) in [5.74, 6) is 0. The molecule has 0 amide bonds. The maximum atomic E-state index is 11.7. The molecule has 3 rings (SSSR count). The number of piperidine rings is 1. The zero-order valence-electron chi connectivity index (χ0n) is 14.5. The molecule has 0 spiro atoms. The first kappa shape index (κ1) is 19.6. The van der Waals surface area contributed by atoms with Gasteiger partial charge in [-0.1, -0.05) is 60.7 Å². The van der Waals surface area contributed by atoms with Crippen LogP contribution in [0.5, 0.6) is 0 Å². The van der Waals surface area contributed by atoms with E-state index in [-0.39, 0.29) is 24.0 Å². The van der Waals surface area contributed by atoms with E-state index in [2.05, 4.69) is 31.3 Å². The van der Waals surface area contributed by atoms with Gasteiger partial charge in [-0.2, -0.15) is 0 Å². The third-order valence-corrected chi connectivity index (χ3v) is 8.94. The molecule has 1 aliphatic heterocycles. The lowest BCUT2D eigenvalue weighted by molar-refractivity contribution is -0.912. The van der Waals surface area contributed by atoms with Gasteiger partial charge >= 0.3 is 0 Å². The Bertz CT molecular complexity index is 575. The summed E-state index contributed by atoms with van der Waals surface area (Å²) in [6.45, 7) is 3.59. The highest BCUT2D eigenvalue weighted by Crippen LogP contribution is 2.19. The molecule has 1 saturated heterocycles. The van der Waals surface area contributed by atoms with Crippen molar-refractivity contribution >= 4 is 18.7 Å². The van der Waals surface area contributed by atoms with Crippen LogP contribution in [-0.4, -0.2) is 44.3 Å². The van der Waals surface area contributed by atoms with E-state index in [0.29, 0.717) is 0 Å². The van der Waals surface area contributed by atoms with Crippen molar-refractivity contribution in [3.8, 4) is 0 Å². The third kappa shape index (κ3) is 4.48. The van der Waals surface area contributed by atoms with E-state index in [1.54, 1.807) is 0 Å². The van der Waals surface area contributed by atoms with Gasteiger partial charge in [0.1, 0.15) is 0 Å². The molecule has 0 saturated carbocycles. The Morgan fingerprint density at radius 2 is 1.29 bits per heavy atom. The maximum absolute atomic E-state index is 11.7. The van der Waals surface area contributed by atoms with Crippen molar-refractivity contribution in [3.63, 3.8) is 0 Å². The Labute approximate surface area is 164 Å². The summed E-state index contributed by atoms with van der Waals surface area (Å²) in [6.07, 6.45) is 4.02. The largest absolute Gasteiger partial charge is 1.00 e. The van der Waals surface area contributed by atoms with Gasteiger partial charge in [0.15, 0.2) is 0 Å². The Morgan fingerprint density at radius 1 is 0.833 bits per heavy atom. The minimum absolute atomic E-state index is 0. The van der Waals surface area contributed by atoms with Crippen LogP contribution in [0.2, 0.25) is 6.04 Å². The Hall–Kier alpha value is -0.693. The number of likely N-dealkylation sites (tertiary alicyclic amines) is 1. The molecule has 1 aliphatic rings. The molecule has 0 aromatic heterocycles. The van der Waals surface area contributed by atoms with E-state index >= 15 is 0 Å². The van der Waals surface area contributed by atoms with Gasteiger partial charge < -0.3 is 33.3 Å². The highest BCUT2D eigenvalue weighted by atomic mass is 127. The molecular weight excluding hydrogens is 425 g/mol. The van der Waals surface area contributed by atoms with Crippen molar-refractivity contribution in [1.29, 1.82) is 0 Å². The molecule has 0 bridgehead atoms. The summed E-state index contributed by atoms with van der Waals surface area (Å²) in [5, 5.41) is 2.27. The molecule has 1 fully saturated rings. The molecule has 1 N–H and O–H groups in total. The topological polar surface area (TPSA) is 20.2 Å². The van der Waals surface area contributed by atoms with Gasteiger partial charge in [-0.3, -0.25) is 0 Å². The van der Waals surface area contributed by atoms with Crippen molar-refractivity contribution in [2.45, 2.75) is 25.3 Å². The molecule has 0 unspecified atom stereocenters. The van der Waals surface area contributed by atoms with Crippen LogP contribution < -0.4 is 34.4 Å². The van der Waals surface area contributed by atoms with Crippen LogP contribution in [-0.2, 0) is 0 Å². The zero-order chi connectivity index (χ0) is 16.2. The number of nitrogens with zero attached hydrogens (tertiary/aromatic N) is 1. The number of rotatable bonds is 5. The molecule has 0 aliphatic carbocycles. The third-order valence-electron chi connectivity index (χ3n) is 5.41. The van der Waals surface area contributed by atoms with Gasteiger partial charge in [-0.05, 0) is 29.6 Å². The van der Waals surface area contributed by atoms with Crippen molar-refractivity contribution < 1.29 is 33.3 Å². The number of halogens is 1. The second-order valence-corrected chi connectivity index (χ2v) is 10.6. The van der Waals surface area contributed by atoms with Crippen LogP contribution in [0.1, 0.15) is 19.3 Å². The molecule has 0 radical (unpaired) electrons. The summed E-state index contributed by atoms with van der Waals surface area (Å²) >= 11 is 0. The SMILES string of the molecule is C[N+]1(CC[Si](O)(c2ccccc2)c2ccccc2)CCCCC1.[I-]. The molecule has 1 heterocycles. The number of hydrogen-bond donors (Lipinski definition) is 1. The zero-order valence-corrected chi connectivity index (χ0v) is 17.7. The Balaban J connectivity index is 0.00000208. The summed E-state index contributed by atoms with van der Waals surface area (Å²) in [7, 11) is -0.283. The average molecular weight is 453 g/mol. The minimum atomic E-state index is -2.65. The molecule has 2 aromatic rings. The van der Waals surface area contributed by atoms with Crippen LogP contribution in [0.4, 0.5) is 0 Å². The van der Waals surface area contributed by atoms with Gasteiger partial charge in [0.05, 0.1) is 26.7 Å². The molecule has 4 heteroatoms. The van der Waals surface area contributed by atoms with E-state index < -0.39 is 8.32 Å². The molecule has 130 valence electrons.